The van der Waals surface area contributed by atoms with Gasteiger partial charge in [0.2, 0.25) is 0 Å². The molecule has 1 aromatic rings. The SMILES string of the molecule is CCC1CN(C(=O)c2ccccc2CCN)CCS1. The van der Waals surface area contributed by atoms with Crippen molar-refractivity contribution in [2.24, 2.45) is 5.73 Å². The molecule has 0 spiro atoms. The molecule has 1 aliphatic rings. The van der Waals surface area contributed by atoms with Crippen molar-refractivity contribution in [2.45, 2.75) is 25.0 Å². The van der Waals surface area contributed by atoms with Gasteiger partial charge in [-0.2, -0.15) is 11.8 Å². The number of hydrogen-bond acceptors (Lipinski definition) is 3. The molecule has 0 aliphatic carbocycles. The van der Waals surface area contributed by atoms with Crippen LogP contribution in [0.15, 0.2) is 24.3 Å². The zero-order chi connectivity index (χ0) is 13.7. The molecule has 3 nitrogen and oxygen atoms in total. The lowest BCUT2D eigenvalue weighted by atomic mass is 10.0. The molecule has 2 N–H and O–H groups in total. The van der Waals surface area contributed by atoms with Crippen LogP contribution in [0.4, 0.5) is 0 Å². The number of nitrogens with zero attached hydrogens (tertiary/aromatic N) is 1. The van der Waals surface area contributed by atoms with E-state index in [1.165, 1.54) is 0 Å². The fraction of sp³-hybridized carbons (Fsp3) is 0.533. The molecule has 0 radical (unpaired) electrons. The summed E-state index contributed by atoms with van der Waals surface area (Å²) in [7, 11) is 0. The molecule has 1 fully saturated rings. The molecule has 0 bridgehead atoms. The molecular weight excluding hydrogens is 256 g/mol. The van der Waals surface area contributed by atoms with E-state index in [9.17, 15) is 4.79 Å². The molecule has 1 saturated heterocycles. The predicted octanol–water partition coefficient (Wildman–Crippen LogP) is 2.16. The smallest absolute Gasteiger partial charge is 0.254 e. The van der Waals surface area contributed by atoms with Crippen LogP contribution in [-0.4, -0.2) is 41.4 Å². The number of carbonyl (C=O) groups is 1. The van der Waals surface area contributed by atoms with Gasteiger partial charge in [0, 0.05) is 29.7 Å². The Bertz CT molecular complexity index is 436. The van der Waals surface area contributed by atoms with Crippen LogP contribution in [0, 0.1) is 0 Å². The Morgan fingerprint density at radius 3 is 3.00 bits per heavy atom. The Morgan fingerprint density at radius 1 is 1.47 bits per heavy atom. The lowest BCUT2D eigenvalue weighted by Gasteiger charge is -2.32. The first-order valence-corrected chi connectivity index (χ1v) is 8.00. The van der Waals surface area contributed by atoms with E-state index >= 15 is 0 Å². The van der Waals surface area contributed by atoms with Gasteiger partial charge in [-0.25, -0.2) is 0 Å². The second-order valence-corrected chi connectivity index (χ2v) is 6.26. The fourth-order valence-corrected chi connectivity index (χ4v) is 3.60. The van der Waals surface area contributed by atoms with Crippen molar-refractivity contribution in [3.63, 3.8) is 0 Å². The van der Waals surface area contributed by atoms with Gasteiger partial charge in [-0.15, -0.1) is 0 Å². The minimum atomic E-state index is 0.169. The average molecular weight is 278 g/mol. The van der Waals surface area contributed by atoms with Crippen LogP contribution in [0.25, 0.3) is 0 Å². The third kappa shape index (κ3) is 3.51. The minimum absolute atomic E-state index is 0.169. The topological polar surface area (TPSA) is 46.3 Å². The summed E-state index contributed by atoms with van der Waals surface area (Å²) in [6.45, 7) is 4.50. The summed E-state index contributed by atoms with van der Waals surface area (Å²) in [5.74, 6) is 1.21. The maximum Gasteiger partial charge on any atom is 0.254 e. The first-order valence-electron chi connectivity index (χ1n) is 6.95. The van der Waals surface area contributed by atoms with Crippen LogP contribution >= 0.6 is 11.8 Å². The lowest BCUT2D eigenvalue weighted by Crippen LogP contribution is -2.42. The van der Waals surface area contributed by atoms with Gasteiger partial charge in [0.05, 0.1) is 0 Å². The zero-order valence-corrected chi connectivity index (χ0v) is 12.3. The maximum absolute atomic E-state index is 12.6. The molecule has 1 amide bonds. The lowest BCUT2D eigenvalue weighted by molar-refractivity contribution is 0.0760. The summed E-state index contributed by atoms with van der Waals surface area (Å²) in [6, 6.07) is 7.85. The monoisotopic (exact) mass is 278 g/mol. The van der Waals surface area contributed by atoms with Gasteiger partial charge in [0.25, 0.3) is 5.91 Å². The van der Waals surface area contributed by atoms with E-state index in [4.69, 9.17) is 5.73 Å². The van der Waals surface area contributed by atoms with Gasteiger partial charge in [-0.1, -0.05) is 25.1 Å². The van der Waals surface area contributed by atoms with Crippen molar-refractivity contribution in [1.82, 2.24) is 4.90 Å². The Hall–Kier alpha value is -1.00. The second-order valence-electron chi connectivity index (χ2n) is 4.85. The molecule has 1 aromatic carbocycles. The largest absolute Gasteiger partial charge is 0.337 e. The summed E-state index contributed by atoms with van der Waals surface area (Å²) in [5.41, 5.74) is 7.52. The third-order valence-corrected chi connectivity index (χ3v) is 4.91. The van der Waals surface area contributed by atoms with E-state index in [1.54, 1.807) is 0 Å². The van der Waals surface area contributed by atoms with Gasteiger partial charge in [-0.05, 0) is 31.0 Å². The Labute approximate surface area is 119 Å². The summed E-state index contributed by atoms with van der Waals surface area (Å²) in [5, 5.41) is 0.583. The molecule has 19 heavy (non-hydrogen) atoms. The Morgan fingerprint density at radius 2 is 2.26 bits per heavy atom. The van der Waals surface area contributed by atoms with Crippen molar-refractivity contribution in [1.29, 1.82) is 0 Å². The molecule has 0 saturated carbocycles. The zero-order valence-electron chi connectivity index (χ0n) is 11.5. The van der Waals surface area contributed by atoms with E-state index in [0.29, 0.717) is 11.8 Å². The number of nitrogens with two attached hydrogens (primary N) is 1. The van der Waals surface area contributed by atoms with Crippen molar-refractivity contribution in [3.05, 3.63) is 35.4 Å². The highest BCUT2D eigenvalue weighted by molar-refractivity contribution is 8.00. The van der Waals surface area contributed by atoms with Crippen LogP contribution in [0.1, 0.15) is 29.3 Å². The van der Waals surface area contributed by atoms with E-state index in [0.717, 1.165) is 42.8 Å². The average Bonchev–Trinajstić information content (AvgIpc) is 2.47. The van der Waals surface area contributed by atoms with Crippen molar-refractivity contribution in [2.75, 3.05) is 25.4 Å². The van der Waals surface area contributed by atoms with E-state index in [2.05, 4.69) is 6.92 Å². The van der Waals surface area contributed by atoms with E-state index in [1.807, 2.05) is 40.9 Å². The van der Waals surface area contributed by atoms with Gasteiger partial charge in [-0.3, -0.25) is 4.79 Å². The minimum Gasteiger partial charge on any atom is -0.337 e. The van der Waals surface area contributed by atoms with Crippen LogP contribution < -0.4 is 5.73 Å². The first-order chi connectivity index (χ1) is 9.26. The number of benzene rings is 1. The number of carbonyl (C=O) groups excluding carboxylic acids is 1. The number of hydrogen-bond donors (Lipinski definition) is 1. The molecule has 1 aliphatic heterocycles. The van der Waals surface area contributed by atoms with Gasteiger partial charge < -0.3 is 10.6 Å². The van der Waals surface area contributed by atoms with Crippen molar-refractivity contribution < 1.29 is 4.79 Å². The van der Waals surface area contributed by atoms with Gasteiger partial charge in [0.15, 0.2) is 0 Å². The molecule has 0 aromatic heterocycles. The highest BCUT2D eigenvalue weighted by Crippen LogP contribution is 2.23. The molecule has 1 atom stereocenters. The number of rotatable bonds is 4. The molecular formula is C15H22N2OS. The second kappa shape index (κ2) is 6.96. The van der Waals surface area contributed by atoms with Crippen LogP contribution in [0.5, 0.6) is 0 Å². The normalized spacial score (nSPS) is 19.5. The quantitative estimate of drug-likeness (QED) is 0.918. The molecule has 1 heterocycles. The van der Waals surface area contributed by atoms with Crippen LogP contribution in [-0.2, 0) is 6.42 Å². The highest BCUT2D eigenvalue weighted by atomic mass is 32.2. The summed E-state index contributed by atoms with van der Waals surface area (Å²) < 4.78 is 0. The summed E-state index contributed by atoms with van der Waals surface area (Å²) >= 11 is 1.98. The van der Waals surface area contributed by atoms with Gasteiger partial charge in [0.1, 0.15) is 0 Å². The molecule has 1 unspecified atom stereocenters. The summed E-state index contributed by atoms with van der Waals surface area (Å²) in [6.07, 6.45) is 1.89. The van der Waals surface area contributed by atoms with Gasteiger partial charge >= 0.3 is 0 Å². The van der Waals surface area contributed by atoms with E-state index < -0.39 is 0 Å². The number of amides is 1. The predicted molar refractivity (Wildman–Crippen MR) is 81.6 cm³/mol. The van der Waals surface area contributed by atoms with Crippen LogP contribution in [0.3, 0.4) is 0 Å². The summed E-state index contributed by atoms with van der Waals surface area (Å²) in [4.78, 5) is 14.6. The van der Waals surface area contributed by atoms with Crippen molar-refractivity contribution in [3.8, 4) is 0 Å². The Kier molecular flexibility index (Phi) is 5.28. The Balaban J connectivity index is 2.14. The molecule has 2 rings (SSSR count). The van der Waals surface area contributed by atoms with Crippen molar-refractivity contribution >= 4 is 17.7 Å². The highest BCUT2D eigenvalue weighted by Gasteiger charge is 2.24. The number of thioether (sulfide) groups is 1. The third-order valence-electron chi connectivity index (χ3n) is 3.54. The van der Waals surface area contributed by atoms with Crippen LogP contribution in [0.2, 0.25) is 0 Å². The molecule has 4 heteroatoms. The maximum atomic E-state index is 12.6. The fourth-order valence-electron chi connectivity index (χ4n) is 2.42. The molecule has 104 valence electrons. The standard InChI is InChI=1S/C15H22N2OS/c1-2-13-11-17(9-10-19-13)15(18)14-6-4-3-5-12(14)7-8-16/h3-6,13H,2,7-11,16H2,1H3. The van der Waals surface area contributed by atoms with E-state index in [-0.39, 0.29) is 5.91 Å². The first kappa shape index (κ1) is 14.4.